The van der Waals surface area contributed by atoms with Gasteiger partial charge in [0.25, 0.3) is 5.69 Å². The highest BCUT2D eigenvalue weighted by Crippen LogP contribution is 2.27. The molecule has 2 atom stereocenters. The van der Waals surface area contributed by atoms with Crippen molar-refractivity contribution in [1.82, 2.24) is 5.32 Å². The lowest BCUT2D eigenvalue weighted by molar-refractivity contribution is -0.384. The molecule has 8 nitrogen and oxygen atoms in total. The number of nitro groups is 1. The van der Waals surface area contributed by atoms with Gasteiger partial charge in [0.2, 0.25) is 5.91 Å². The van der Waals surface area contributed by atoms with E-state index < -0.39 is 4.92 Å². The Hall–Kier alpha value is -2.35. The molecular weight excluding hydrogens is 324 g/mol. The van der Waals surface area contributed by atoms with Gasteiger partial charge in [-0.1, -0.05) is 19.8 Å². The standard InChI is InChI=1S/C17H26N4O4/c1-12-4-2-3-5-14(12)20-17(23)11-19-16-10-13(21(24)25)6-7-15(16)18-8-9-22/h6-7,10,12,14,18-19,22H,2-5,8-9,11H2,1H3,(H,20,23)/t12-,14-/m0/s1. The molecule has 2 rings (SSSR count). The molecule has 0 spiro atoms. The number of carbonyl (C=O) groups excluding carboxylic acids is 1. The van der Waals surface area contributed by atoms with Gasteiger partial charge in [0, 0.05) is 24.7 Å². The van der Waals surface area contributed by atoms with E-state index in [2.05, 4.69) is 22.9 Å². The van der Waals surface area contributed by atoms with Crippen molar-refractivity contribution in [2.24, 2.45) is 5.92 Å². The molecule has 138 valence electrons. The van der Waals surface area contributed by atoms with E-state index in [1.165, 1.54) is 18.6 Å². The van der Waals surface area contributed by atoms with Crippen LogP contribution in [0.5, 0.6) is 0 Å². The monoisotopic (exact) mass is 350 g/mol. The summed E-state index contributed by atoms with van der Waals surface area (Å²) in [5, 5.41) is 28.9. The van der Waals surface area contributed by atoms with Gasteiger partial charge in [-0.05, 0) is 24.8 Å². The number of nitrogens with zero attached hydrogens (tertiary/aromatic N) is 1. The fourth-order valence-electron chi connectivity index (χ4n) is 3.10. The molecule has 1 aromatic carbocycles. The Kier molecular flexibility index (Phi) is 7.00. The van der Waals surface area contributed by atoms with Gasteiger partial charge in [0.05, 0.1) is 29.4 Å². The summed E-state index contributed by atoms with van der Waals surface area (Å²) in [6.07, 6.45) is 4.45. The van der Waals surface area contributed by atoms with Crippen LogP contribution in [0.3, 0.4) is 0 Å². The summed E-state index contributed by atoms with van der Waals surface area (Å²) in [7, 11) is 0. The third-order valence-corrected chi connectivity index (χ3v) is 4.54. The fraction of sp³-hybridized carbons (Fsp3) is 0.588. The molecule has 0 aliphatic heterocycles. The first-order valence-electron chi connectivity index (χ1n) is 8.67. The Bertz CT molecular complexity index is 608. The topological polar surface area (TPSA) is 117 Å². The summed E-state index contributed by atoms with van der Waals surface area (Å²) in [6, 6.07) is 4.53. The van der Waals surface area contributed by atoms with Crippen molar-refractivity contribution in [3.05, 3.63) is 28.3 Å². The number of anilines is 2. The summed E-state index contributed by atoms with van der Waals surface area (Å²) in [6.45, 7) is 2.45. The van der Waals surface area contributed by atoms with E-state index >= 15 is 0 Å². The number of aliphatic hydroxyl groups is 1. The summed E-state index contributed by atoms with van der Waals surface area (Å²) < 4.78 is 0. The van der Waals surface area contributed by atoms with Crippen molar-refractivity contribution in [2.75, 3.05) is 30.3 Å². The summed E-state index contributed by atoms with van der Waals surface area (Å²) >= 11 is 0. The second-order valence-electron chi connectivity index (χ2n) is 6.43. The molecule has 1 amide bonds. The Labute approximate surface area is 147 Å². The molecule has 0 heterocycles. The number of benzene rings is 1. The maximum Gasteiger partial charge on any atom is 0.271 e. The predicted octanol–water partition coefficient (Wildman–Crippen LogP) is 2.11. The summed E-state index contributed by atoms with van der Waals surface area (Å²) in [5.74, 6) is 0.343. The van der Waals surface area contributed by atoms with Gasteiger partial charge < -0.3 is 21.1 Å². The maximum atomic E-state index is 12.2. The average molecular weight is 350 g/mol. The molecule has 0 saturated heterocycles. The van der Waals surface area contributed by atoms with Crippen LogP contribution in [0, 0.1) is 16.0 Å². The van der Waals surface area contributed by atoms with Gasteiger partial charge in [0.1, 0.15) is 0 Å². The third-order valence-electron chi connectivity index (χ3n) is 4.54. The molecule has 1 fully saturated rings. The molecular formula is C17H26N4O4. The van der Waals surface area contributed by atoms with Gasteiger partial charge in [0.15, 0.2) is 0 Å². The maximum absolute atomic E-state index is 12.2. The number of nitrogens with one attached hydrogen (secondary N) is 3. The Morgan fingerprint density at radius 2 is 2.04 bits per heavy atom. The normalized spacial score (nSPS) is 19.9. The minimum Gasteiger partial charge on any atom is -0.395 e. The van der Waals surface area contributed by atoms with Crippen molar-refractivity contribution in [3.8, 4) is 0 Å². The highest BCUT2D eigenvalue weighted by Gasteiger charge is 2.22. The van der Waals surface area contributed by atoms with E-state index in [1.807, 2.05) is 0 Å². The van der Waals surface area contributed by atoms with E-state index in [-0.39, 0.29) is 30.8 Å². The SMILES string of the molecule is C[C@H]1CCCC[C@@H]1NC(=O)CNc1cc([N+](=O)[O-])ccc1NCCO. The third kappa shape index (κ3) is 5.60. The lowest BCUT2D eigenvalue weighted by Gasteiger charge is -2.29. The second-order valence-corrected chi connectivity index (χ2v) is 6.43. The first-order valence-corrected chi connectivity index (χ1v) is 8.67. The molecule has 1 aliphatic rings. The fourth-order valence-corrected chi connectivity index (χ4v) is 3.10. The molecule has 25 heavy (non-hydrogen) atoms. The van der Waals surface area contributed by atoms with Crippen molar-refractivity contribution in [2.45, 2.75) is 38.6 Å². The number of rotatable bonds is 8. The second kappa shape index (κ2) is 9.22. The van der Waals surface area contributed by atoms with Gasteiger partial charge in [-0.25, -0.2) is 0 Å². The number of aliphatic hydroxyl groups excluding tert-OH is 1. The van der Waals surface area contributed by atoms with Crippen LogP contribution in [0.25, 0.3) is 0 Å². The van der Waals surface area contributed by atoms with E-state index in [0.717, 1.165) is 19.3 Å². The number of non-ortho nitro benzene ring substituents is 1. The molecule has 1 saturated carbocycles. The first-order chi connectivity index (χ1) is 12.0. The molecule has 4 N–H and O–H groups in total. The highest BCUT2D eigenvalue weighted by atomic mass is 16.6. The molecule has 0 aromatic heterocycles. The van der Waals surface area contributed by atoms with E-state index in [0.29, 0.717) is 23.8 Å². The Balaban J connectivity index is 1.98. The lowest BCUT2D eigenvalue weighted by atomic mass is 9.86. The zero-order chi connectivity index (χ0) is 18.2. The van der Waals surface area contributed by atoms with Gasteiger partial charge >= 0.3 is 0 Å². The van der Waals surface area contributed by atoms with Crippen LogP contribution < -0.4 is 16.0 Å². The molecule has 0 radical (unpaired) electrons. The van der Waals surface area contributed by atoms with Crippen LogP contribution >= 0.6 is 0 Å². The molecule has 1 aliphatic carbocycles. The number of amides is 1. The number of carbonyl (C=O) groups is 1. The quantitative estimate of drug-likeness (QED) is 0.421. The average Bonchev–Trinajstić information content (AvgIpc) is 2.60. The molecule has 1 aromatic rings. The highest BCUT2D eigenvalue weighted by molar-refractivity contribution is 5.83. The van der Waals surface area contributed by atoms with Gasteiger partial charge in [-0.2, -0.15) is 0 Å². The van der Waals surface area contributed by atoms with E-state index in [9.17, 15) is 14.9 Å². The summed E-state index contributed by atoms with van der Waals surface area (Å²) in [5.41, 5.74) is 1.02. The van der Waals surface area contributed by atoms with Crippen LogP contribution in [-0.2, 0) is 4.79 Å². The predicted molar refractivity (Wildman–Crippen MR) is 96.7 cm³/mol. The largest absolute Gasteiger partial charge is 0.395 e. The van der Waals surface area contributed by atoms with Crippen molar-refractivity contribution >= 4 is 23.0 Å². The smallest absolute Gasteiger partial charge is 0.271 e. The van der Waals surface area contributed by atoms with Gasteiger partial charge in [-0.3, -0.25) is 14.9 Å². The number of nitro benzene ring substituents is 1. The number of hydrogen-bond donors (Lipinski definition) is 4. The van der Waals surface area contributed by atoms with Crippen molar-refractivity contribution in [1.29, 1.82) is 0 Å². The zero-order valence-electron chi connectivity index (χ0n) is 14.5. The van der Waals surface area contributed by atoms with Gasteiger partial charge in [-0.15, -0.1) is 0 Å². The molecule has 0 bridgehead atoms. The van der Waals surface area contributed by atoms with E-state index in [4.69, 9.17) is 5.11 Å². The van der Waals surface area contributed by atoms with E-state index in [1.54, 1.807) is 6.07 Å². The van der Waals surface area contributed by atoms with Crippen LogP contribution in [-0.4, -0.2) is 41.7 Å². The first kappa shape index (κ1) is 19.0. The van der Waals surface area contributed by atoms with Crippen LogP contribution in [0.2, 0.25) is 0 Å². The minimum atomic E-state index is -0.481. The molecule has 0 unspecified atom stereocenters. The van der Waals surface area contributed by atoms with Crippen molar-refractivity contribution < 1.29 is 14.8 Å². The Morgan fingerprint density at radius 1 is 1.28 bits per heavy atom. The lowest BCUT2D eigenvalue weighted by Crippen LogP contribution is -2.43. The van der Waals surface area contributed by atoms with Crippen molar-refractivity contribution in [3.63, 3.8) is 0 Å². The zero-order valence-corrected chi connectivity index (χ0v) is 14.5. The van der Waals surface area contributed by atoms with Crippen LogP contribution in [0.15, 0.2) is 18.2 Å². The molecule has 8 heteroatoms. The Morgan fingerprint density at radius 3 is 2.72 bits per heavy atom. The van der Waals surface area contributed by atoms with Crippen LogP contribution in [0.1, 0.15) is 32.6 Å². The van der Waals surface area contributed by atoms with Crippen LogP contribution in [0.4, 0.5) is 17.1 Å². The summed E-state index contributed by atoms with van der Waals surface area (Å²) in [4.78, 5) is 22.7. The number of hydrogen-bond acceptors (Lipinski definition) is 6. The minimum absolute atomic E-state index is 0.0399.